The van der Waals surface area contributed by atoms with Crippen molar-refractivity contribution in [3.8, 4) is 28.2 Å². The molecule has 0 aliphatic rings. The molecule has 0 bridgehead atoms. The lowest BCUT2D eigenvalue weighted by molar-refractivity contribution is -0.633. The SMILES string of the molecule is Cc1ccc(-c2ccccc2)cc1-c1n(-c2ccc(C(C)(C)C)cc2)c2ccccc2[n+]1C. The Morgan fingerprint density at radius 3 is 2.06 bits per heavy atom. The van der Waals surface area contributed by atoms with Crippen LogP contribution in [0.25, 0.3) is 39.2 Å². The van der Waals surface area contributed by atoms with Crippen LogP contribution in [0.15, 0.2) is 97.1 Å². The molecule has 2 heteroatoms. The molecule has 0 amide bonds. The number of nitrogens with zero attached hydrogens (tertiary/aromatic N) is 2. The summed E-state index contributed by atoms with van der Waals surface area (Å²) < 4.78 is 4.73. The Morgan fingerprint density at radius 2 is 1.36 bits per heavy atom. The van der Waals surface area contributed by atoms with Crippen LogP contribution in [-0.2, 0) is 12.5 Å². The quantitative estimate of drug-likeness (QED) is 0.263. The predicted octanol–water partition coefficient (Wildman–Crippen LogP) is 7.39. The summed E-state index contributed by atoms with van der Waals surface area (Å²) in [7, 11) is 2.17. The zero-order chi connectivity index (χ0) is 23.2. The molecule has 33 heavy (non-hydrogen) atoms. The van der Waals surface area contributed by atoms with Crippen molar-refractivity contribution in [2.45, 2.75) is 33.1 Å². The molecule has 1 heterocycles. The normalized spacial score (nSPS) is 11.8. The average molecular weight is 432 g/mol. The first-order valence-corrected chi connectivity index (χ1v) is 11.6. The van der Waals surface area contributed by atoms with E-state index in [4.69, 9.17) is 0 Å². The van der Waals surface area contributed by atoms with Crippen molar-refractivity contribution in [1.82, 2.24) is 4.57 Å². The lowest BCUT2D eigenvalue weighted by Crippen LogP contribution is -2.30. The fourth-order valence-corrected chi connectivity index (χ4v) is 4.66. The molecule has 5 rings (SSSR count). The van der Waals surface area contributed by atoms with E-state index in [1.807, 2.05) is 0 Å². The fourth-order valence-electron chi connectivity index (χ4n) is 4.66. The highest BCUT2D eigenvalue weighted by Gasteiger charge is 2.27. The molecule has 2 nitrogen and oxygen atoms in total. The second-order valence-electron chi connectivity index (χ2n) is 9.90. The summed E-state index contributed by atoms with van der Waals surface area (Å²) in [5.41, 5.74) is 10.1. The number of rotatable bonds is 3. The van der Waals surface area contributed by atoms with E-state index in [1.54, 1.807) is 0 Å². The summed E-state index contributed by atoms with van der Waals surface area (Å²) in [4.78, 5) is 0. The van der Waals surface area contributed by atoms with Crippen LogP contribution in [0.2, 0.25) is 0 Å². The Labute approximate surface area is 196 Å². The molecule has 0 spiro atoms. The fraction of sp³-hybridized carbons (Fsp3) is 0.194. The highest BCUT2D eigenvalue weighted by Crippen LogP contribution is 2.33. The van der Waals surface area contributed by atoms with Gasteiger partial charge in [-0.2, -0.15) is 4.57 Å². The van der Waals surface area contributed by atoms with E-state index in [9.17, 15) is 0 Å². The van der Waals surface area contributed by atoms with E-state index in [1.165, 1.54) is 50.4 Å². The molecule has 0 saturated carbocycles. The zero-order valence-corrected chi connectivity index (χ0v) is 20.1. The number of para-hydroxylation sites is 2. The molecule has 4 aromatic carbocycles. The molecule has 0 unspecified atom stereocenters. The molecule has 0 N–H and O–H groups in total. The zero-order valence-electron chi connectivity index (χ0n) is 20.1. The standard InChI is InChI=1S/C31H31N2/c1-22-15-16-24(23-11-7-6-8-12-23)21-27(22)30-32(5)28-13-9-10-14-29(28)33(30)26-19-17-25(18-20-26)31(2,3)4/h6-21H,1-5H3/q+1. The van der Waals surface area contributed by atoms with Crippen LogP contribution in [0.3, 0.4) is 0 Å². The summed E-state index contributed by atoms with van der Waals surface area (Å²) >= 11 is 0. The molecule has 0 aliphatic carbocycles. The van der Waals surface area contributed by atoms with E-state index < -0.39 is 0 Å². The van der Waals surface area contributed by atoms with Crippen molar-refractivity contribution < 1.29 is 4.57 Å². The first-order chi connectivity index (χ1) is 15.8. The minimum Gasteiger partial charge on any atom is -0.225 e. The number of benzene rings is 4. The molecule has 1 aromatic heterocycles. The largest absolute Gasteiger partial charge is 0.295 e. The maximum atomic E-state index is 2.40. The van der Waals surface area contributed by atoms with Crippen molar-refractivity contribution in [2.24, 2.45) is 7.05 Å². The average Bonchev–Trinajstić information content (AvgIpc) is 3.12. The monoisotopic (exact) mass is 431 g/mol. The molecule has 0 radical (unpaired) electrons. The van der Waals surface area contributed by atoms with Crippen LogP contribution in [0, 0.1) is 6.92 Å². The highest BCUT2D eigenvalue weighted by molar-refractivity contribution is 5.81. The van der Waals surface area contributed by atoms with Gasteiger partial charge in [0.1, 0.15) is 5.69 Å². The smallest absolute Gasteiger partial charge is 0.225 e. The lowest BCUT2D eigenvalue weighted by Gasteiger charge is -2.18. The first kappa shape index (κ1) is 21.2. The van der Waals surface area contributed by atoms with Gasteiger partial charge in [-0.3, -0.25) is 0 Å². The third-order valence-electron chi connectivity index (χ3n) is 6.59. The van der Waals surface area contributed by atoms with E-state index in [2.05, 4.69) is 141 Å². The molecule has 0 saturated heterocycles. The number of aromatic nitrogens is 2. The van der Waals surface area contributed by atoms with Crippen molar-refractivity contribution in [2.75, 3.05) is 0 Å². The van der Waals surface area contributed by atoms with E-state index in [0.29, 0.717) is 0 Å². The van der Waals surface area contributed by atoms with Gasteiger partial charge >= 0.3 is 0 Å². The number of hydrogen-bond acceptors (Lipinski definition) is 0. The molecule has 0 fully saturated rings. The van der Waals surface area contributed by atoms with Crippen LogP contribution in [0.4, 0.5) is 0 Å². The van der Waals surface area contributed by atoms with Crippen LogP contribution in [-0.4, -0.2) is 4.57 Å². The Kier molecular flexibility index (Phi) is 5.17. The van der Waals surface area contributed by atoms with Gasteiger partial charge in [0, 0.05) is 0 Å². The third kappa shape index (κ3) is 3.76. The van der Waals surface area contributed by atoms with Gasteiger partial charge in [-0.25, -0.2) is 4.57 Å². The molecular weight excluding hydrogens is 400 g/mol. The second kappa shape index (κ2) is 8.04. The molecule has 164 valence electrons. The number of imidazole rings is 1. The van der Waals surface area contributed by atoms with Gasteiger partial charge < -0.3 is 0 Å². The highest BCUT2D eigenvalue weighted by atomic mass is 15.2. The summed E-state index contributed by atoms with van der Waals surface area (Å²) in [6, 6.07) is 35.1. The van der Waals surface area contributed by atoms with Gasteiger partial charge in [0.05, 0.1) is 12.6 Å². The van der Waals surface area contributed by atoms with Crippen LogP contribution in [0.5, 0.6) is 0 Å². The molecule has 5 aromatic rings. The third-order valence-corrected chi connectivity index (χ3v) is 6.59. The van der Waals surface area contributed by atoms with Gasteiger partial charge in [0.25, 0.3) is 5.82 Å². The molecule has 0 aliphatic heterocycles. The maximum absolute atomic E-state index is 2.40. The van der Waals surface area contributed by atoms with Gasteiger partial charge in [0.2, 0.25) is 0 Å². The lowest BCUT2D eigenvalue weighted by atomic mass is 9.87. The van der Waals surface area contributed by atoms with Gasteiger partial charge in [-0.15, -0.1) is 0 Å². The Bertz CT molecular complexity index is 1430. The first-order valence-electron chi connectivity index (χ1n) is 11.6. The second-order valence-corrected chi connectivity index (χ2v) is 9.90. The summed E-state index contributed by atoms with van der Waals surface area (Å²) in [5, 5.41) is 0. The van der Waals surface area contributed by atoms with Gasteiger partial charge in [-0.05, 0) is 64.9 Å². The minimum atomic E-state index is 0.130. The summed E-state index contributed by atoms with van der Waals surface area (Å²) in [6.45, 7) is 8.99. The number of fused-ring (bicyclic) bond motifs is 1. The van der Waals surface area contributed by atoms with Crippen LogP contribution in [0.1, 0.15) is 31.9 Å². The van der Waals surface area contributed by atoms with Crippen LogP contribution < -0.4 is 4.57 Å². The van der Waals surface area contributed by atoms with Gasteiger partial charge in [-0.1, -0.05) is 87.5 Å². The molecular formula is C31H31N2+. The van der Waals surface area contributed by atoms with Crippen molar-refractivity contribution in [3.63, 3.8) is 0 Å². The van der Waals surface area contributed by atoms with Crippen molar-refractivity contribution in [1.29, 1.82) is 0 Å². The Morgan fingerprint density at radius 1 is 0.697 bits per heavy atom. The topological polar surface area (TPSA) is 8.81 Å². The van der Waals surface area contributed by atoms with Crippen molar-refractivity contribution >= 4 is 11.0 Å². The number of hydrogen-bond donors (Lipinski definition) is 0. The number of aryl methyl sites for hydroxylation is 2. The van der Waals surface area contributed by atoms with Crippen LogP contribution >= 0.6 is 0 Å². The predicted molar refractivity (Wildman–Crippen MR) is 139 cm³/mol. The summed E-state index contributed by atoms with van der Waals surface area (Å²) in [5.74, 6) is 1.19. The Hall–Kier alpha value is -3.65. The minimum absolute atomic E-state index is 0.130. The van der Waals surface area contributed by atoms with E-state index in [0.717, 1.165) is 0 Å². The Balaban J connectivity index is 1.78. The van der Waals surface area contributed by atoms with E-state index >= 15 is 0 Å². The maximum Gasteiger partial charge on any atom is 0.295 e. The van der Waals surface area contributed by atoms with Gasteiger partial charge in [0.15, 0.2) is 11.0 Å². The van der Waals surface area contributed by atoms with E-state index in [-0.39, 0.29) is 5.41 Å². The van der Waals surface area contributed by atoms with Crippen molar-refractivity contribution in [3.05, 3.63) is 108 Å². The molecule has 0 atom stereocenters. The summed E-state index contributed by atoms with van der Waals surface area (Å²) in [6.07, 6.45) is 0.